The van der Waals surface area contributed by atoms with Gasteiger partial charge in [0, 0.05) is 22.7 Å². The van der Waals surface area contributed by atoms with Gasteiger partial charge in [-0.25, -0.2) is 0 Å². The van der Waals surface area contributed by atoms with Crippen LogP contribution in [-0.2, 0) is 6.54 Å². The van der Waals surface area contributed by atoms with Crippen molar-refractivity contribution in [3.8, 4) is 11.4 Å². The maximum absolute atomic E-state index is 12.4. The fourth-order valence-corrected chi connectivity index (χ4v) is 3.65. The molecule has 0 aliphatic rings. The normalized spacial score (nSPS) is 10.9. The first-order valence-corrected chi connectivity index (χ1v) is 9.86. The van der Waals surface area contributed by atoms with Gasteiger partial charge < -0.3 is 4.57 Å². The monoisotopic (exact) mass is 385 g/mol. The lowest BCUT2D eigenvalue weighted by Crippen LogP contribution is -2.06. The summed E-state index contributed by atoms with van der Waals surface area (Å²) in [5, 5.41) is 10.1. The van der Waals surface area contributed by atoms with Gasteiger partial charge in [-0.15, -0.1) is 10.2 Å². The summed E-state index contributed by atoms with van der Waals surface area (Å²) in [7, 11) is 0. The molecule has 0 aliphatic carbocycles. The molecule has 0 amide bonds. The summed E-state index contributed by atoms with van der Waals surface area (Å²) >= 11 is 7.30. The van der Waals surface area contributed by atoms with Gasteiger partial charge in [0.05, 0.1) is 5.75 Å². The first-order chi connectivity index (χ1) is 12.6. The zero-order valence-corrected chi connectivity index (χ0v) is 16.3. The molecule has 0 aliphatic heterocycles. The van der Waals surface area contributed by atoms with Gasteiger partial charge >= 0.3 is 0 Å². The van der Waals surface area contributed by atoms with E-state index in [1.54, 1.807) is 24.3 Å². The highest BCUT2D eigenvalue weighted by atomic mass is 35.5. The molecule has 6 heteroatoms. The van der Waals surface area contributed by atoms with Crippen molar-refractivity contribution in [3.63, 3.8) is 0 Å². The third-order valence-corrected chi connectivity index (χ3v) is 5.16. The van der Waals surface area contributed by atoms with Crippen LogP contribution in [0.15, 0.2) is 53.7 Å². The van der Waals surface area contributed by atoms with Crippen LogP contribution in [0, 0.1) is 6.92 Å². The lowest BCUT2D eigenvalue weighted by atomic mass is 10.1. The lowest BCUT2D eigenvalue weighted by molar-refractivity contribution is 0.102. The highest BCUT2D eigenvalue weighted by molar-refractivity contribution is 7.99. The molecule has 3 rings (SSSR count). The van der Waals surface area contributed by atoms with Gasteiger partial charge in [-0.1, -0.05) is 54.0 Å². The van der Waals surface area contributed by atoms with Crippen molar-refractivity contribution in [3.05, 3.63) is 64.7 Å². The Bertz CT molecular complexity index is 906. The van der Waals surface area contributed by atoms with E-state index in [1.165, 1.54) is 17.3 Å². The molecule has 0 fully saturated rings. The number of ketones is 1. The Morgan fingerprint density at radius 3 is 2.62 bits per heavy atom. The summed E-state index contributed by atoms with van der Waals surface area (Å²) < 4.78 is 2.09. The van der Waals surface area contributed by atoms with Crippen LogP contribution in [-0.4, -0.2) is 26.3 Å². The van der Waals surface area contributed by atoms with Gasteiger partial charge in [-0.05, 0) is 43.7 Å². The Hall–Kier alpha value is -2.11. The van der Waals surface area contributed by atoms with Crippen LogP contribution in [0.25, 0.3) is 11.4 Å². The minimum Gasteiger partial charge on any atom is -0.302 e. The molecule has 0 spiro atoms. The van der Waals surface area contributed by atoms with Crippen LogP contribution in [0.3, 0.4) is 0 Å². The fourth-order valence-electron chi connectivity index (χ4n) is 2.67. The zero-order chi connectivity index (χ0) is 18.5. The molecule has 0 N–H and O–H groups in total. The number of hydrogen-bond donors (Lipinski definition) is 0. The molecular weight excluding hydrogens is 366 g/mol. The summed E-state index contributed by atoms with van der Waals surface area (Å²) in [6, 6.07) is 15.2. The van der Waals surface area contributed by atoms with E-state index >= 15 is 0 Å². The molecule has 0 saturated heterocycles. The van der Waals surface area contributed by atoms with Crippen molar-refractivity contribution in [2.45, 2.75) is 32.0 Å². The Morgan fingerprint density at radius 1 is 1.15 bits per heavy atom. The molecule has 26 heavy (non-hydrogen) atoms. The van der Waals surface area contributed by atoms with E-state index in [1.807, 2.05) is 12.1 Å². The molecular formula is C20H20ClN3OS. The van der Waals surface area contributed by atoms with Crippen LogP contribution >= 0.6 is 23.4 Å². The van der Waals surface area contributed by atoms with Gasteiger partial charge in [0.25, 0.3) is 0 Å². The topological polar surface area (TPSA) is 47.8 Å². The number of Topliss-reactive ketones (excluding diaryl/α,β-unsaturated/α-hetero) is 1. The van der Waals surface area contributed by atoms with Crippen LogP contribution in [0.2, 0.25) is 5.02 Å². The van der Waals surface area contributed by atoms with Gasteiger partial charge in [0.2, 0.25) is 0 Å². The lowest BCUT2D eigenvalue weighted by Gasteiger charge is -2.09. The van der Waals surface area contributed by atoms with Gasteiger partial charge in [0.15, 0.2) is 16.8 Å². The van der Waals surface area contributed by atoms with Crippen molar-refractivity contribution >= 4 is 29.1 Å². The van der Waals surface area contributed by atoms with Crippen molar-refractivity contribution in [1.29, 1.82) is 0 Å². The fraction of sp³-hybridized carbons (Fsp3) is 0.250. The minimum atomic E-state index is 0.0508. The van der Waals surface area contributed by atoms with E-state index in [4.69, 9.17) is 11.6 Å². The van der Waals surface area contributed by atoms with Crippen LogP contribution < -0.4 is 0 Å². The summed E-state index contributed by atoms with van der Waals surface area (Å²) in [6.45, 7) is 4.99. The minimum absolute atomic E-state index is 0.0508. The third kappa shape index (κ3) is 4.34. The van der Waals surface area contributed by atoms with E-state index < -0.39 is 0 Å². The number of benzene rings is 2. The van der Waals surface area contributed by atoms with E-state index in [2.05, 4.69) is 40.7 Å². The maximum atomic E-state index is 12.4. The number of nitrogens with zero attached hydrogens (tertiary/aromatic N) is 3. The summed E-state index contributed by atoms with van der Waals surface area (Å²) in [5.74, 6) is 1.21. The van der Waals surface area contributed by atoms with E-state index in [-0.39, 0.29) is 5.78 Å². The number of hydrogen-bond acceptors (Lipinski definition) is 4. The number of aromatic nitrogens is 3. The Balaban J connectivity index is 1.79. The summed E-state index contributed by atoms with van der Waals surface area (Å²) in [5.41, 5.74) is 2.88. The number of carbonyl (C=O) groups is 1. The molecule has 3 aromatic rings. The average molecular weight is 386 g/mol. The van der Waals surface area contributed by atoms with Crippen molar-refractivity contribution in [1.82, 2.24) is 14.8 Å². The summed E-state index contributed by atoms with van der Waals surface area (Å²) in [4.78, 5) is 12.4. The molecule has 0 radical (unpaired) electrons. The van der Waals surface area contributed by atoms with Crippen LogP contribution in [0.4, 0.5) is 0 Å². The van der Waals surface area contributed by atoms with Gasteiger partial charge in [-0.2, -0.15) is 0 Å². The van der Waals surface area contributed by atoms with Crippen LogP contribution in [0.5, 0.6) is 0 Å². The van der Waals surface area contributed by atoms with Gasteiger partial charge in [0.1, 0.15) is 0 Å². The Labute approximate surface area is 162 Å². The Kier molecular flexibility index (Phi) is 6.12. The zero-order valence-electron chi connectivity index (χ0n) is 14.8. The van der Waals surface area contributed by atoms with Crippen molar-refractivity contribution < 1.29 is 4.79 Å². The number of carbonyl (C=O) groups excluding carboxylic acids is 1. The molecule has 4 nitrogen and oxygen atoms in total. The molecule has 134 valence electrons. The van der Waals surface area contributed by atoms with Crippen LogP contribution in [0.1, 0.15) is 29.3 Å². The standard InChI is InChI=1S/C20H20ClN3OS/c1-3-11-24-19(16-6-4-5-14(2)12-16)22-23-20(24)26-13-18(25)15-7-9-17(21)10-8-15/h4-10,12H,3,11,13H2,1-2H3. The van der Waals surface area contributed by atoms with Crippen molar-refractivity contribution in [2.24, 2.45) is 0 Å². The highest BCUT2D eigenvalue weighted by Gasteiger charge is 2.16. The van der Waals surface area contributed by atoms with Gasteiger partial charge in [-0.3, -0.25) is 4.79 Å². The van der Waals surface area contributed by atoms with Crippen molar-refractivity contribution in [2.75, 3.05) is 5.75 Å². The molecule has 0 unspecified atom stereocenters. The average Bonchev–Trinajstić information content (AvgIpc) is 3.03. The second-order valence-corrected chi connectivity index (χ2v) is 7.42. The second-order valence-electron chi connectivity index (χ2n) is 6.05. The molecule has 0 atom stereocenters. The molecule has 0 bridgehead atoms. The predicted molar refractivity (Wildman–Crippen MR) is 107 cm³/mol. The molecule has 1 heterocycles. The number of thioether (sulfide) groups is 1. The highest BCUT2D eigenvalue weighted by Crippen LogP contribution is 2.25. The van der Waals surface area contributed by atoms with E-state index in [0.29, 0.717) is 16.3 Å². The number of aryl methyl sites for hydroxylation is 1. The second kappa shape index (κ2) is 8.52. The smallest absolute Gasteiger partial charge is 0.191 e. The van der Waals surface area contributed by atoms with E-state index in [9.17, 15) is 4.79 Å². The Morgan fingerprint density at radius 2 is 1.92 bits per heavy atom. The first-order valence-electron chi connectivity index (χ1n) is 8.50. The third-order valence-electron chi connectivity index (χ3n) is 3.94. The SMILES string of the molecule is CCCn1c(SCC(=O)c2ccc(Cl)cc2)nnc1-c1cccc(C)c1. The summed E-state index contributed by atoms with van der Waals surface area (Å²) in [6.07, 6.45) is 0.968. The molecule has 2 aromatic carbocycles. The maximum Gasteiger partial charge on any atom is 0.191 e. The predicted octanol–water partition coefficient (Wildman–Crippen LogP) is 5.29. The molecule has 1 aromatic heterocycles. The quantitative estimate of drug-likeness (QED) is 0.409. The largest absolute Gasteiger partial charge is 0.302 e. The molecule has 0 saturated carbocycles. The first kappa shape index (κ1) is 18.7. The number of rotatable bonds is 7. The number of halogens is 1. The van der Waals surface area contributed by atoms with E-state index in [0.717, 1.165) is 29.5 Å².